The van der Waals surface area contributed by atoms with Crippen molar-refractivity contribution in [2.45, 2.75) is 45.9 Å². The van der Waals surface area contributed by atoms with Gasteiger partial charge < -0.3 is 14.6 Å². The maximum Gasteiger partial charge on any atom is 0.338 e. The first-order valence-corrected chi connectivity index (χ1v) is 11.7. The molecule has 8 nitrogen and oxygen atoms in total. The third-order valence-corrected chi connectivity index (χ3v) is 5.57. The number of thioether (sulfide) groups is 1. The lowest BCUT2D eigenvalue weighted by Crippen LogP contribution is -2.28. The number of ether oxygens (including phenoxy) is 1. The number of hydrogen-bond acceptors (Lipinski definition) is 6. The average Bonchev–Trinajstić information content (AvgIpc) is 3.05. The molecule has 0 saturated heterocycles. The van der Waals surface area contributed by atoms with Crippen molar-refractivity contribution in [2.75, 3.05) is 18.2 Å². The summed E-state index contributed by atoms with van der Waals surface area (Å²) in [5.41, 5.74) is 2.62. The summed E-state index contributed by atoms with van der Waals surface area (Å²) in [4.78, 5) is 42.4. The molecule has 1 N–H and O–H groups in total. The highest BCUT2D eigenvalue weighted by atomic mass is 32.2. The summed E-state index contributed by atoms with van der Waals surface area (Å²) in [7, 11) is 0. The number of rotatable bonds is 8. The summed E-state index contributed by atoms with van der Waals surface area (Å²) in [6, 6.07) is 8.32. The van der Waals surface area contributed by atoms with Gasteiger partial charge in [-0.25, -0.2) is 9.78 Å². The number of benzene rings is 1. The van der Waals surface area contributed by atoms with Gasteiger partial charge in [-0.2, -0.15) is 0 Å². The Hall–Kier alpha value is -3.07. The Morgan fingerprint density at radius 2 is 1.88 bits per heavy atom. The number of aromatic nitrogens is 3. The number of aryl methyl sites for hydroxylation is 1. The Morgan fingerprint density at radius 3 is 2.47 bits per heavy atom. The number of amides is 1. The molecule has 170 valence electrons. The van der Waals surface area contributed by atoms with Gasteiger partial charge in [-0.1, -0.05) is 25.6 Å². The van der Waals surface area contributed by atoms with Crippen molar-refractivity contribution >= 4 is 40.4 Å². The Balaban J connectivity index is 1.86. The average molecular weight is 457 g/mol. The van der Waals surface area contributed by atoms with Crippen molar-refractivity contribution in [1.29, 1.82) is 0 Å². The summed E-state index contributed by atoms with van der Waals surface area (Å²) < 4.78 is 8.35. The van der Waals surface area contributed by atoms with Crippen LogP contribution in [0.25, 0.3) is 11.0 Å². The number of anilines is 1. The Kier molecular flexibility index (Phi) is 7.40. The molecule has 1 amide bonds. The lowest BCUT2D eigenvalue weighted by molar-refractivity contribution is -0.116. The Bertz CT molecular complexity index is 1200. The van der Waals surface area contributed by atoms with Gasteiger partial charge in [0.2, 0.25) is 5.91 Å². The minimum Gasteiger partial charge on any atom is -0.462 e. The van der Waals surface area contributed by atoms with Crippen molar-refractivity contribution in [1.82, 2.24) is 14.1 Å². The fourth-order valence-electron chi connectivity index (χ4n) is 3.48. The standard InChI is InChI=1S/C23H28N4O4S/c1-6-31-22(30)16-7-9-17(10-8-16)24-19(28)13-26-15(4)11-18-20(26)21(29)27(12-14(2)3)23(25-18)32-5/h7-11,14H,6,12-13H2,1-5H3,(H,24,28). The van der Waals surface area contributed by atoms with E-state index in [4.69, 9.17) is 4.74 Å². The van der Waals surface area contributed by atoms with Crippen LogP contribution >= 0.6 is 11.8 Å². The van der Waals surface area contributed by atoms with E-state index in [1.807, 2.05) is 33.1 Å². The zero-order valence-corrected chi connectivity index (χ0v) is 19.8. The summed E-state index contributed by atoms with van der Waals surface area (Å²) in [5, 5.41) is 3.48. The molecule has 2 heterocycles. The fraction of sp³-hybridized carbons (Fsp3) is 0.391. The number of nitrogens with zero attached hydrogens (tertiary/aromatic N) is 3. The summed E-state index contributed by atoms with van der Waals surface area (Å²) >= 11 is 1.43. The van der Waals surface area contributed by atoms with Crippen LogP contribution in [-0.4, -0.2) is 38.9 Å². The van der Waals surface area contributed by atoms with Crippen molar-refractivity contribution < 1.29 is 14.3 Å². The minimum atomic E-state index is -0.408. The van der Waals surface area contributed by atoms with Crippen LogP contribution in [0.5, 0.6) is 0 Å². The van der Waals surface area contributed by atoms with Gasteiger partial charge in [0, 0.05) is 17.9 Å². The second-order valence-corrected chi connectivity index (χ2v) is 8.63. The van der Waals surface area contributed by atoms with E-state index < -0.39 is 5.97 Å². The molecule has 0 radical (unpaired) electrons. The molecule has 9 heteroatoms. The molecule has 0 saturated carbocycles. The zero-order valence-electron chi connectivity index (χ0n) is 19.0. The highest BCUT2D eigenvalue weighted by Gasteiger charge is 2.18. The van der Waals surface area contributed by atoms with Gasteiger partial charge in [-0.3, -0.25) is 14.2 Å². The van der Waals surface area contributed by atoms with Crippen molar-refractivity contribution in [3.63, 3.8) is 0 Å². The number of nitrogens with one attached hydrogen (secondary N) is 1. The number of hydrogen-bond donors (Lipinski definition) is 1. The van der Waals surface area contributed by atoms with E-state index in [1.165, 1.54) is 11.8 Å². The van der Waals surface area contributed by atoms with Gasteiger partial charge in [0.15, 0.2) is 5.16 Å². The monoisotopic (exact) mass is 456 g/mol. The Labute approximate surface area is 191 Å². The van der Waals surface area contributed by atoms with Crippen LogP contribution in [0.4, 0.5) is 5.69 Å². The van der Waals surface area contributed by atoms with Gasteiger partial charge in [0.25, 0.3) is 5.56 Å². The van der Waals surface area contributed by atoms with Gasteiger partial charge in [0.05, 0.1) is 17.7 Å². The molecule has 1 aromatic carbocycles. The third-order valence-electron chi connectivity index (χ3n) is 4.89. The molecule has 0 unspecified atom stereocenters. The van der Waals surface area contributed by atoms with E-state index in [2.05, 4.69) is 10.3 Å². The quantitative estimate of drug-likeness (QED) is 0.315. The number of esters is 1. The number of carbonyl (C=O) groups excluding carboxylic acids is 2. The zero-order chi connectivity index (χ0) is 23.4. The summed E-state index contributed by atoms with van der Waals surface area (Å²) in [6.45, 7) is 8.53. The number of carbonyl (C=O) groups is 2. The van der Waals surface area contributed by atoms with Crippen LogP contribution in [0, 0.1) is 12.8 Å². The predicted octanol–water partition coefficient (Wildman–Crippen LogP) is 3.70. The van der Waals surface area contributed by atoms with Gasteiger partial charge in [-0.15, -0.1) is 0 Å². The molecule has 3 rings (SSSR count). The van der Waals surface area contributed by atoms with Crippen molar-refractivity contribution in [3.8, 4) is 0 Å². The van der Waals surface area contributed by atoms with E-state index in [-0.39, 0.29) is 23.9 Å². The molecule has 0 atom stereocenters. The molecule has 0 aliphatic rings. The number of fused-ring (bicyclic) bond motifs is 1. The van der Waals surface area contributed by atoms with E-state index in [0.717, 1.165) is 5.69 Å². The maximum atomic E-state index is 13.3. The molecule has 0 fully saturated rings. The predicted molar refractivity (Wildman–Crippen MR) is 126 cm³/mol. The van der Waals surface area contributed by atoms with Crippen LogP contribution in [0.15, 0.2) is 40.3 Å². The molecular weight excluding hydrogens is 428 g/mol. The van der Waals surface area contributed by atoms with Crippen molar-refractivity contribution in [3.05, 3.63) is 51.9 Å². The topological polar surface area (TPSA) is 95.2 Å². The highest BCUT2D eigenvalue weighted by molar-refractivity contribution is 7.98. The smallest absolute Gasteiger partial charge is 0.338 e. The molecule has 3 aromatic rings. The summed E-state index contributed by atoms with van der Waals surface area (Å²) in [6.07, 6.45) is 1.90. The maximum absolute atomic E-state index is 13.3. The first kappa shape index (κ1) is 23.6. The molecule has 2 aromatic heterocycles. The molecular formula is C23H28N4O4S. The molecule has 0 aliphatic heterocycles. The SMILES string of the molecule is CCOC(=O)c1ccc(NC(=O)Cn2c(C)cc3nc(SC)n(CC(C)C)c(=O)c32)cc1. The molecule has 0 bridgehead atoms. The highest BCUT2D eigenvalue weighted by Crippen LogP contribution is 2.20. The summed E-state index contributed by atoms with van der Waals surface area (Å²) in [5.74, 6) is -0.406. The first-order valence-electron chi connectivity index (χ1n) is 10.5. The first-order chi connectivity index (χ1) is 15.2. The van der Waals surface area contributed by atoms with Crippen LogP contribution in [0.1, 0.15) is 36.8 Å². The molecule has 0 aliphatic carbocycles. The fourth-order valence-corrected chi connectivity index (χ4v) is 4.05. The van der Waals surface area contributed by atoms with E-state index in [1.54, 1.807) is 40.3 Å². The van der Waals surface area contributed by atoms with Gasteiger partial charge in [0.1, 0.15) is 12.1 Å². The normalized spacial score (nSPS) is 11.2. The second kappa shape index (κ2) is 10.0. The lowest BCUT2D eigenvalue weighted by Gasteiger charge is -2.14. The molecule has 32 heavy (non-hydrogen) atoms. The van der Waals surface area contributed by atoms with E-state index in [0.29, 0.717) is 40.6 Å². The second-order valence-electron chi connectivity index (χ2n) is 7.86. The minimum absolute atomic E-state index is 0.0217. The van der Waals surface area contributed by atoms with Gasteiger partial charge in [-0.05, 0) is 56.4 Å². The van der Waals surface area contributed by atoms with E-state index >= 15 is 0 Å². The van der Waals surface area contributed by atoms with Crippen LogP contribution < -0.4 is 10.9 Å². The largest absolute Gasteiger partial charge is 0.462 e. The Morgan fingerprint density at radius 1 is 1.19 bits per heavy atom. The van der Waals surface area contributed by atoms with E-state index in [9.17, 15) is 14.4 Å². The molecule has 0 spiro atoms. The third kappa shape index (κ3) is 5.04. The van der Waals surface area contributed by atoms with Crippen LogP contribution in [0.2, 0.25) is 0 Å². The van der Waals surface area contributed by atoms with Crippen molar-refractivity contribution in [2.24, 2.45) is 5.92 Å². The lowest BCUT2D eigenvalue weighted by atomic mass is 10.2. The van der Waals surface area contributed by atoms with Gasteiger partial charge >= 0.3 is 5.97 Å². The van der Waals surface area contributed by atoms with Crippen LogP contribution in [-0.2, 0) is 22.6 Å². The van der Waals surface area contributed by atoms with Crippen LogP contribution in [0.3, 0.4) is 0 Å².